The smallest absolute Gasteiger partial charge is 0.0594 e. The fourth-order valence-corrected chi connectivity index (χ4v) is 2.74. The first-order valence-corrected chi connectivity index (χ1v) is 6.29. The molecule has 1 atom stereocenters. The van der Waals surface area contributed by atoms with Crippen molar-refractivity contribution in [2.75, 3.05) is 45.9 Å². The third-order valence-corrected chi connectivity index (χ3v) is 3.75. The van der Waals surface area contributed by atoms with Gasteiger partial charge in [0.1, 0.15) is 0 Å². The zero-order chi connectivity index (χ0) is 10.6. The fraction of sp³-hybridized carbons (Fsp3) is 1.00. The normalized spacial score (nSPS) is 35.0. The number of nitrogens with zero attached hydrogens (tertiary/aromatic N) is 1. The molecule has 2 heterocycles. The van der Waals surface area contributed by atoms with Crippen LogP contribution in [-0.4, -0.2) is 50.8 Å². The maximum absolute atomic E-state index is 5.39. The first-order valence-electron chi connectivity index (χ1n) is 6.29. The molecule has 0 aromatic rings. The minimum Gasteiger partial charge on any atom is -0.379 e. The molecule has 3 heteroatoms. The average molecular weight is 212 g/mol. The van der Waals surface area contributed by atoms with E-state index in [4.69, 9.17) is 4.74 Å². The zero-order valence-corrected chi connectivity index (χ0v) is 9.93. The summed E-state index contributed by atoms with van der Waals surface area (Å²) in [6, 6.07) is 0. The summed E-state index contributed by atoms with van der Waals surface area (Å²) in [6.45, 7) is 10.2. The maximum atomic E-state index is 5.39. The van der Waals surface area contributed by atoms with Crippen LogP contribution in [0.4, 0.5) is 0 Å². The van der Waals surface area contributed by atoms with Gasteiger partial charge in [0, 0.05) is 19.6 Å². The van der Waals surface area contributed by atoms with Gasteiger partial charge in [0.15, 0.2) is 0 Å². The van der Waals surface area contributed by atoms with Crippen LogP contribution < -0.4 is 5.32 Å². The van der Waals surface area contributed by atoms with Gasteiger partial charge in [-0.25, -0.2) is 0 Å². The molecule has 0 aliphatic carbocycles. The Balaban J connectivity index is 1.83. The van der Waals surface area contributed by atoms with E-state index in [0.717, 1.165) is 26.3 Å². The molecule has 0 radical (unpaired) electrons. The van der Waals surface area contributed by atoms with Gasteiger partial charge < -0.3 is 10.1 Å². The van der Waals surface area contributed by atoms with Gasteiger partial charge in [-0.05, 0) is 37.8 Å². The van der Waals surface area contributed by atoms with E-state index in [-0.39, 0.29) is 0 Å². The van der Waals surface area contributed by atoms with Crippen LogP contribution in [-0.2, 0) is 4.74 Å². The number of nitrogens with one attached hydrogen (secondary N) is 1. The molecule has 1 N–H and O–H groups in total. The van der Waals surface area contributed by atoms with Crippen LogP contribution in [0.3, 0.4) is 0 Å². The van der Waals surface area contributed by atoms with Crippen LogP contribution >= 0.6 is 0 Å². The Labute approximate surface area is 93.2 Å². The number of hydrogen-bond acceptors (Lipinski definition) is 3. The third-order valence-electron chi connectivity index (χ3n) is 3.75. The van der Waals surface area contributed by atoms with Crippen LogP contribution in [0, 0.1) is 5.41 Å². The van der Waals surface area contributed by atoms with Gasteiger partial charge in [-0.2, -0.15) is 0 Å². The second kappa shape index (κ2) is 5.28. The van der Waals surface area contributed by atoms with Crippen LogP contribution in [0.15, 0.2) is 0 Å². The Morgan fingerprint density at radius 2 is 2.00 bits per heavy atom. The molecule has 0 aromatic carbocycles. The molecule has 0 spiro atoms. The Morgan fingerprint density at radius 3 is 2.80 bits per heavy atom. The van der Waals surface area contributed by atoms with E-state index in [1.807, 2.05) is 0 Å². The van der Waals surface area contributed by atoms with Crippen LogP contribution in [0.1, 0.15) is 26.2 Å². The Kier molecular flexibility index (Phi) is 4.00. The van der Waals surface area contributed by atoms with E-state index in [1.54, 1.807) is 0 Å². The van der Waals surface area contributed by atoms with Crippen molar-refractivity contribution in [1.82, 2.24) is 10.2 Å². The summed E-state index contributed by atoms with van der Waals surface area (Å²) >= 11 is 0. The van der Waals surface area contributed by atoms with E-state index in [1.165, 1.54) is 38.9 Å². The zero-order valence-electron chi connectivity index (χ0n) is 9.93. The van der Waals surface area contributed by atoms with Gasteiger partial charge in [0.05, 0.1) is 13.2 Å². The second-order valence-corrected chi connectivity index (χ2v) is 5.30. The molecule has 0 bridgehead atoms. The molecule has 0 aromatic heterocycles. The summed E-state index contributed by atoms with van der Waals surface area (Å²) in [6.07, 6.45) is 4.03. The Hall–Kier alpha value is -0.120. The van der Waals surface area contributed by atoms with Crippen molar-refractivity contribution in [1.29, 1.82) is 0 Å². The first kappa shape index (κ1) is 11.4. The van der Waals surface area contributed by atoms with E-state index in [0.29, 0.717) is 5.41 Å². The maximum Gasteiger partial charge on any atom is 0.0594 e. The van der Waals surface area contributed by atoms with Crippen LogP contribution in [0.2, 0.25) is 0 Å². The quantitative estimate of drug-likeness (QED) is 0.742. The molecule has 2 saturated heterocycles. The topological polar surface area (TPSA) is 24.5 Å². The highest BCUT2D eigenvalue weighted by Gasteiger charge is 2.28. The van der Waals surface area contributed by atoms with E-state index in [2.05, 4.69) is 17.1 Å². The largest absolute Gasteiger partial charge is 0.379 e. The Bertz CT molecular complexity index is 182. The van der Waals surface area contributed by atoms with Crippen molar-refractivity contribution in [3.05, 3.63) is 0 Å². The molecule has 2 fully saturated rings. The second-order valence-electron chi connectivity index (χ2n) is 5.30. The lowest BCUT2D eigenvalue weighted by Crippen LogP contribution is -2.43. The molecule has 0 saturated carbocycles. The highest BCUT2D eigenvalue weighted by molar-refractivity contribution is 4.82. The predicted octanol–water partition coefficient (Wildman–Crippen LogP) is 1.10. The molecule has 0 amide bonds. The number of morpholine rings is 1. The fourth-order valence-electron chi connectivity index (χ4n) is 2.74. The summed E-state index contributed by atoms with van der Waals surface area (Å²) in [5.74, 6) is 0. The van der Waals surface area contributed by atoms with Crippen molar-refractivity contribution < 1.29 is 4.74 Å². The van der Waals surface area contributed by atoms with Crippen molar-refractivity contribution >= 4 is 0 Å². The molecule has 2 aliphatic rings. The summed E-state index contributed by atoms with van der Waals surface area (Å²) in [5.41, 5.74) is 0.529. The minimum absolute atomic E-state index is 0.529. The van der Waals surface area contributed by atoms with E-state index < -0.39 is 0 Å². The first-order chi connectivity index (χ1) is 7.29. The van der Waals surface area contributed by atoms with Gasteiger partial charge in [-0.3, -0.25) is 4.90 Å². The lowest BCUT2D eigenvalue weighted by Gasteiger charge is -2.36. The summed E-state index contributed by atoms with van der Waals surface area (Å²) in [4.78, 5) is 2.58. The molecule has 2 aliphatic heterocycles. The Morgan fingerprint density at radius 1 is 1.20 bits per heavy atom. The standard InChI is InChI=1S/C12H24N2O/c1-12(3-2-5-13-6-4-12)11-14-7-9-15-10-8-14/h13H,2-11H2,1H3. The molecule has 88 valence electrons. The highest BCUT2D eigenvalue weighted by Crippen LogP contribution is 2.30. The summed E-state index contributed by atoms with van der Waals surface area (Å²) in [5, 5.41) is 3.50. The summed E-state index contributed by atoms with van der Waals surface area (Å²) in [7, 11) is 0. The lowest BCUT2D eigenvalue weighted by molar-refractivity contribution is 0.0164. The van der Waals surface area contributed by atoms with Gasteiger partial charge >= 0.3 is 0 Å². The van der Waals surface area contributed by atoms with Gasteiger partial charge in [0.2, 0.25) is 0 Å². The van der Waals surface area contributed by atoms with E-state index in [9.17, 15) is 0 Å². The van der Waals surface area contributed by atoms with Crippen LogP contribution in [0.25, 0.3) is 0 Å². The molecule has 15 heavy (non-hydrogen) atoms. The highest BCUT2D eigenvalue weighted by atomic mass is 16.5. The van der Waals surface area contributed by atoms with Crippen molar-refractivity contribution in [3.63, 3.8) is 0 Å². The SMILES string of the molecule is CC1(CN2CCOCC2)CCCNCC1. The number of ether oxygens (including phenoxy) is 1. The molecule has 3 nitrogen and oxygen atoms in total. The van der Waals surface area contributed by atoms with E-state index >= 15 is 0 Å². The molecule has 2 rings (SSSR count). The minimum atomic E-state index is 0.529. The monoisotopic (exact) mass is 212 g/mol. The van der Waals surface area contributed by atoms with Crippen molar-refractivity contribution in [3.8, 4) is 0 Å². The van der Waals surface area contributed by atoms with Gasteiger partial charge in [-0.1, -0.05) is 6.92 Å². The summed E-state index contributed by atoms with van der Waals surface area (Å²) < 4.78 is 5.39. The predicted molar refractivity (Wildman–Crippen MR) is 62.1 cm³/mol. The number of rotatable bonds is 2. The lowest BCUT2D eigenvalue weighted by atomic mass is 9.82. The van der Waals surface area contributed by atoms with Gasteiger partial charge in [0.25, 0.3) is 0 Å². The van der Waals surface area contributed by atoms with Crippen LogP contribution in [0.5, 0.6) is 0 Å². The molecular formula is C12H24N2O. The molecular weight excluding hydrogens is 188 g/mol. The third kappa shape index (κ3) is 3.44. The van der Waals surface area contributed by atoms with Crippen molar-refractivity contribution in [2.45, 2.75) is 26.2 Å². The van der Waals surface area contributed by atoms with Crippen molar-refractivity contribution in [2.24, 2.45) is 5.41 Å². The molecule has 1 unspecified atom stereocenters. The number of hydrogen-bond donors (Lipinski definition) is 1. The average Bonchev–Trinajstić information content (AvgIpc) is 2.45. The van der Waals surface area contributed by atoms with Gasteiger partial charge in [-0.15, -0.1) is 0 Å².